The molecule has 0 aromatic rings. The van der Waals surface area contributed by atoms with Crippen LogP contribution in [0, 0.1) is 0 Å². The molecule has 0 aromatic heterocycles. The second-order valence-electron chi connectivity index (χ2n) is 5.75. The van der Waals surface area contributed by atoms with Gasteiger partial charge < -0.3 is 20.5 Å². The highest BCUT2D eigenvalue weighted by Crippen LogP contribution is 2.23. The third kappa shape index (κ3) is 6.42. The molecular formula is C13H24N2O4. The van der Waals surface area contributed by atoms with Crippen molar-refractivity contribution >= 4 is 12.0 Å². The summed E-state index contributed by atoms with van der Waals surface area (Å²) >= 11 is 0. The first-order chi connectivity index (χ1) is 8.78. The molecule has 19 heavy (non-hydrogen) atoms. The molecule has 0 saturated carbocycles. The van der Waals surface area contributed by atoms with Gasteiger partial charge in [0.15, 0.2) is 0 Å². The molecule has 0 aromatic carbocycles. The van der Waals surface area contributed by atoms with Crippen LogP contribution in [0.4, 0.5) is 4.79 Å². The lowest BCUT2D eigenvalue weighted by molar-refractivity contribution is -0.137. The first-order valence-corrected chi connectivity index (χ1v) is 6.71. The van der Waals surface area contributed by atoms with Crippen LogP contribution in [0.1, 0.15) is 46.5 Å². The van der Waals surface area contributed by atoms with E-state index in [-0.39, 0.29) is 30.1 Å². The van der Waals surface area contributed by atoms with Crippen molar-refractivity contribution in [2.75, 3.05) is 6.61 Å². The van der Waals surface area contributed by atoms with Gasteiger partial charge in [-0.1, -0.05) is 0 Å². The fourth-order valence-electron chi connectivity index (χ4n) is 2.22. The minimum atomic E-state index is -0.847. The minimum Gasteiger partial charge on any atom is -0.481 e. The summed E-state index contributed by atoms with van der Waals surface area (Å²) in [7, 11) is 0. The molecule has 3 N–H and O–H groups in total. The fourth-order valence-corrected chi connectivity index (χ4v) is 2.22. The molecule has 1 rings (SSSR count). The van der Waals surface area contributed by atoms with E-state index in [0.29, 0.717) is 13.0 Å². The van der Waals surface area contributed by atoms with Crippen molar-refractivity contribution in [1.29, 1.82) is 0 Å². The first kappa shape index (κ1) is 15.8. The van der Waals surface area contributed by atoms with Crippen LogP contribution in [0.2, 0.25) is 0 Å². The first-order valence-electron chi connectivity index (χ1n) is 6.71. The van der Waals surface area contributed by atoms with E-state index in [1.807, 2.05) is 13.8 Å². The highest BCUT2D eigenvalue weighted by Gasteiger charge is 2.29. The molecular weight excluding hydrogens is 248 g/mol. The molecule has 0 radical (unpaired) electrons. The molecule has 1 saturated heterocycles. The highest BCUT2D eigenvalue weighted by atomic mass is 16.5. The van der Waals surface area contributed by atoms with Crippen molar-refractivity contribution in [2.24, 2.45) is 0 Å². The molecule has 0 spiro atoms. The lowest BCUT2D eigenvalue weighted by atomic mass is 9.94. The zero-order chi connectivity index (χ0) is 14.5. The van der Waals surface area contributed by atoms with Crippen LogP contribution in [0.25, 0.3) is 0 Å². The van der Waals surface area contributed by atoms with Crippen LogP contribution < -0.4 is 10.6 Å². The summed E-state index contributed by atoms with van der Waals surface area (Å²) in [6, 6.07) is -0.278. The van der Waals surface area contributed by atoms with E-state index in [9.17, 15) is 9.59 Å². The summed E-state index contributed by atoms with van der Waals surface area (Å²) in [5, 5.41) is 14.2. The van der Waals surface area contributed by atoms with Crippen molar-refractivity contribution < 1.29 is 19.4 Å². The molecule has 6 heteroatoms. The molecule has 0 aliphatic carbocycles. The average molecular weight is 272 g/mol. The normalized spacial score (nSPS) is 23.4. The maximum absolute atomic E-state index is 11.8. The molecule has 2 amide bonds. The lowest BCUT2D eigenvalue weighted by Crippen LogP contribution is -2.50. The Balaban J connectivity index is 2.28. The molecule has 110 valence electrons. The highest BCUT2D eigenvalue weighted by molar-refractivity contribution is 5.74. The van der Waals surface area contributed by atoms with Gasteiger partial charge in [0.05, 0.1) is 5.60 Å². The number of urea groups is 1. The quantitative estimate of drug-likeness (QED) is 0.707. The van der Waals surface area contributed by atoms with Gasteiger partial charge >= 0.3 is 12.0 Å². The summed E-state index contributed by atoms with van der Waals surface area (Å²) in [4.78, 5) is 22.2. The summed E-state index contributed by atoms with van der Waals surface area (Å²) in [5.74, 6) is -0.847. The number of hydrogen-bond donors (Lipinski definition) is 3. The smallest absolute Gasteiger partial charge is 0.315 e. The maximum Gasteiger partial charge on any atom is 0.315 e. The van der Waals surface area contributed by atoms with Crippen LogP contribution in [0.3, 0.4) is 0 Å². The Labute approximate surface area is 113 Å². The Morgan fingerprint density at radius 3 is 2.74 bits per heavy atom. The number of rotatable bonds is 5. The Morgan fingerprint density at radius 2 is 2.16 bits per heavy atom. The lowest BCUT2D eigenvalue weighted by Gasteiger charge is -2.35. The van der Waals surface area contributed by atoms with Gasteiger partial charge in [-0.15, -0.1) is 0 Å². The summed E-state index contributed by atoms with van der Waals surface area (Å²) in [5.41, 5.74) is -0.203. The van der Waals surface area contributed by atoms with Crippen molar-refractivity contribution in [1.82, 2.24) is 10.6 Å². The van der Waals surface area contributed by atoms with Gasteiger partial charge in [-0.25, -0.2) is 4.79 Å². The third-order valence-corrected chi connectivity index (χ3v) is 3.20. The minimum absolute atomic E-state index is 0.0613. The van der Waals surface area contributed by atoms with Crippen LogP contribution in [-0.2, 0) is 9.53 Å². The largest absolute Gasteiger partial charge is 0.481 e. The van der Waals surface area contributed by atoms with E-state index < -0.39 is 5.97 Å². The fraction of sp³-hybridized carbons (Fsp3) is 0.846. The molecule has 0 bridgehead atoms. The molecule has 6 nitrogen and oxygen atoms in total. The van der Waals surface area contributed by atoms with Crippen molar-refractivity contribution in [3.8, 4) is 0 Å². The van der Waals surface area contributed by atoms with E-state index in [2.05, 4.69) is 10.6 Å². The monoisotopic (exact) mass is 272 g/mol. The second kappa shape index (κ2) is 6.75. The SMILES string of the molecule is CC(CCC(=O)O)NC(=O)NC1CCOC(C)(C)C1. The van der Waals surface area contributed by atoms with Crippen LogP contribution >= 0.6 is 0 Å². The number of ether oxygens (including phenoxy) is 1. The van der Waals surface area contributed by atoms with Gasteiger partial charge in [0, 0.05) is 25.1 Å². The van der Waals surface area contributed by atoms with Crippen molar-refractivity contribution in [2.45, 2.75) is 64.1 Å². The maximum atomic E-state index is 11.8. The van der Waals surface area contributed by atoms with E-state index in [1.54, 1.807) is 6.92 Å². The van der Waals surface area contributed by atoms with E-state index in [1.165, 1.54) is 0 Å². The zero-order valence-corrected chi connectivity index (χ0v) is 11.9. The zero-order valence-electron chi connectivity index (χ0n) is 11.9. The van der Waals surface area contributed by atoms with Gasteiger partial charge in [-0.3, -0.25) is 4.79 Å². The second-order valence-corrected chi connectivity index (χ2v) is 5.75. The molecule has 2 unspecified atom stereocenters. The van der Waals surface area contributed by atoms with Crippen molar-refractivity contribution in [3.63, 3.8) is 0 Å². The number of nitrogens with one attached hydrogen (secondary N) is 2. The van der Waals surface area contributed by atoms with Gasteiger partial charge in [-0.05, 0) is 40.0 Å². The number of carboxylic acid groups (broad SMARTS) is 1. The molecule has 1 fully saturated rings. The Morgan fingerprint density at radius 1 is 1.47 bits per heavy atom. The predicted octanol–water partition coefficient (Wildman–Crippen LogP) is 1.50. The molecule has 2 atom stereocenters. The van der Waals surface area contributed by atoms with Gasteiger partial charge in [0.25, 0.3) is 0 Å². The number of carbonyl (C=O) groups excluding carboxylic acids is 1. The topological polar surface area (TPSA) is 87.7 Å². The van der Waals surface area contributed by atoms with E-state index in [0.717, 1.165) is 12.8 Å². The Hall–Kier alpha value is -1.30. The number of carbonyl (C=O) groups is 2. The Kier molecular flexibility index (Phi) is 5.60. The standard InChI is InChI=1S/C13H24N2O4/c1-9(4-5-11(16)17)14-12(18)15-10-6-7-19-13(2,3)8-10/h9-10H,4-8H2,1-3H3,(H,16,17)(H2,14,15,18). The van der Waals surface area contributed by atoms with Crippen LogP contribution in [0.5, 0.6) is 0 Å². The summed E-state index contributed by atoms with van der Waals surface area (Å²) in [6.45, 7) is 6.46. The van der Waals surface area contributed by atoms with Crippen LogP contribution in [-0.4, -0.2) is 41.4 Å². The van der Waals surface area contributed by atoms with Gasteiger partial charge in [0.2, 0.25) is 0 Å². The van der Waals surface area contributed by atoms with Gasteiger partial charge in [0.1, 0.15) is 0 Å². The molecule has 1 aliphatic heterocycles. The summed E-state index contributed by atoms with van der Waals surface area (Å²) < 4.78 is 5.59. The van der Waals surface area contributed by atoms with Crippen molar-refractivity contribution in [3.05, 3.63) is 0 Å². The number of hydrogen-bond acceptors (Lipinski definition) is 3. The van der Waals surface area contributed by atoms with Crippen LogP contribution in [0.15, 0.2) is 0 Å². The van der Waals surface area contributed by atoms with E-state index >= 15 is 0 Å². The molecule has 1 heterocycles. The Bertz CT molecular complexity index is 331. The average Bonchev–Trinajstić information content (AvgIpc) is 2.24. The summed E-state index contributed by atoms with van der Waals surface area (Å²) in [6.07, 6.45) is 2.08. The number of carboxylic acids is 1. The predicted molar refractivity (Wildman–Crippen MR) is 71.1 cm³/mol. The molecule has 1 aliphatic rings. The van der Waals surface area contributed by atoms with E-state index in [4.69, 9.17) is 9.84 Å². The number of amides is 2. The number of aliphatic carboxylic acids is 1. The third-order valence-electron chi connectivity index (χ3n) is 3.20. The van der Waals surface area contributed by atoms with Gasteiger partial charge in [-0.2, -0.15) is 0 Å².